The topological polar surface area (TPSA) is 87.8 Å². The zero-order chi connectivity index (χ0) is 13.8. The van der Waals surface area contributed by atoms with Gasteiger partial charge in [-0.3, -0.25) is 10.6 Å². The zero-order valence-electron chi connectivity index (χ0n) is 10.9. The first-order valence-electron chi connectivity index (χ1n) is 6.26. The third kappa shape index (κ3) is 2.86. The number of carbonyl (C=O) groups excluding carboxylic acids is 1. The van der Waals surface area contributed by atoms with E-state index in [-0.39, 0.29) is 24.7 Å². The first-order valence-corrected chi connectivity index (χ1v) is 6.26. The highest BCUT2D eigenvalue weighted by Gasteiger charge is 2.30. The molecule has 6 heteroatoms. The van der Waals surface area contributed by atoms with Crippen molar-refractivity contribution < 1.29 is 14.6 Å². The van der Waals surface area contributed by atoms with Gasteiger partial charge in [-0.15, -0.1) is 0 Å². The maximum Gasteiger partial charge on any atom is 0.256 e. The Morgan fingerprint density at radius 3 is 3.00 bits per heavy atom. The summed E-state index contributed by atoms with van der Waals surface area (Å²) >= 11 is 0. The minimum absolute atomic E-state index is 0.0267. The van der Waals surface area contributed by atoms with Gasteiger partial charge < -0.3 is 20.2 Å². The molecular weight excluding hydrogens is 246 g/mol. The number of hydrazine groups is 1. The molecule has 1 amide bonds. The van der Waals surface area contributed by atoms with Gasteiger partial charge in [-0.25, -0.2) is 0 Å². The van der Waals surface area contributed by atoms with E-state index < -0.39 is 0 Å². The minimum atomic E-state index is -0.321. The number of carbonyl (C=O) groups is 1. The van der Waals surface area contributed by atoms with Crippen molar-refractivity contribution in [3.05, 3.63) is 29.8 Å². The summed E-state index contributed by atoms with van der Waals surface area (Å²) in [7, 11) is 0. The van der Waals surface area contributed by atoms with Crippen molar-refractivity contribution >= 4 is 11.6 Å². The maximum absolute atomic E-state index is 12.5. The van der Waals surface area contributed by atoms with Crippen LogP contribution in [0.4, 0.5) is 5.69 Å². The Hall–Kier alpha value is -1.63. The number of nitrogens with one attached hydrogen (secondary N) is 1. The van der Waals surface area contributed by atoms with Gasteiger partial charge in [-0.05, 0) is 19.1 Å². The molecule has 104 valence electrons. The number of aliphatic hydroxyl groups is 1. The van der Waals surface area contributed by atoms with Crippen LogP contribution in [0.2, 0.25) is 0 Å². The highest BCUT2D eigenvalue weighted by atomic mass is 16.5. The third-order valence-corrected chi connectivity index (χ3v) is 3.28. The van der Waals surface area contributed by atoms with Crippen LogP contribution in [0.5, 0.6) is 0 Å². The molecule has 4 N–H and O–H groups in total. The van der Waals surface area contributed by atoms with E-state index in [2.05, 4.69) is 5.43 Å². The van der Waals surface area contributed by atoms with Crippen LogP contribution < -0.4 is 11.3 Å². The highest BCUT2D eigenvalue weighted by Crippen LogP contribution is 2.20. The number of aliphatic hydroxyl groups excluding tert-OH is 1. The van der Waals surface area contributed by atoms with Crippen molar-refractivity contribution in [3.8, 4) is 0 Å². The van der Waals surface area contributed by atoms with E-state index in [9.17, 15) is 4.79 Å². The average Bonchev–Trinajstić information content (AvgIpc) is 2.47. The van der Waals surface area contributed by atoms with Crippen molar-refractivity contribution in [1.29, 1.82) is 0 Å². The van der Waals surface area contributed by atoms with Crippen LogP contribution in [0.3, 0.4) is 0 Å². The van der Waals surface area contributed by atoms with Gasteiger partial charge >= 0.3 is 0 Å². The number of para-hydroxylation sites is 1. The summed E-state index contributed by atoms with van der Waals surface area (Å²) in [5, 5.41) is 9.15. The molecule has 0 aliphatic carbocycles. The number of ether oxygens (including phenoxy) is 1. The van der Waals surface area contributed by atoms with Crippen LogP contribution in [0.15, 0.2) is 24.3 Å². The fourth-order valence-electron chi connectivity index (χ4n) is 2.16. The van der Waals surface area contributed by atoms with Gasteiger partial charge in [0.15, 0.2) is 0 Å². The molecule has 2 unspecified atom stereocenters. The highest BCUT2D eigenvalue weighted by molar-refractivity contribution is 5.99. The predicted octanol–water partition coefficient (Wildman–Crippen LogP) is 0.194. The van der Waals surface area contributed by atoms with Gasteiger partial charge in [-0.2, -0.15) is 0 Å². The van der Waals surface area contributed by atoms with Gasteiger partial charge in [0.1, 0.15) is 0 Å². The molecule has 0 saturated carbocycles. The number of hydrogen-bond acceptors (Lipinski definition) is 5. The molecule has 1 aliphatic rings. The Bertz CT molecular complexity index is 453. The molecule has 2 rings (SSSR count). The van der Waals surface area contributed by atoms with Crippen LogP contribution in [0.1, 0.15) is 17.3 Å². The zero-order valence-corrected chi connectivity index (χ0v) is 10.9. The number of benzene rings is 1. The van der Waals surface area contributed by atoms with Gasteiger partial charge in [0, 0.05) is 6.54 Å². The van der Waals surface area contributed by atoms with E-state index in [0.29, 0.717) is 24.4 Å². The first kappa shape index (κ1) is 13.8. The summed E-state index contributed by atoms with van der Waals surface area (Å²) in [6.07, 6.45) is -0.321. The van der Waals surface area contributed by atoms with E-state index in [1.54, 1.807) is 23.1 Å². The quantitative estimate of drug-likeness (QED) is 0.536. The molecular formula is C13H19N3O3. The molecule has 0 spiro atoms. The van der Waals surface area contributed by atoms with Crippen LogP contribution in [-0.4, -0.2) is 47.8 Å². The summed E-state index contributed by atoms with van der Waals surface area (Å²) < 4.78 is 5.43. The summed E-state index contributed by atoms with van der Waals surface area (Å²) in [5.41, 5.74) is 3.64. The molecule has 1 heterocycles. The molecule has 1 aliphatic heterocycles. The van der Waals surface area contributed by atoms with Crippen molar-refractivity contribution in [2.24, 2.45) is 5.84 Å². The summed E-state index contributed by atoms with van der Waals surface area (Å²) in [5.74, 6) is 5.31. The van der Waals surface area contributed by atoms with Gasteiger partial charge in [0.2, 0.25) is 0 Å². The molecule has 1 aromatic rings. The molecule has 19 heavy (non-hydrogen) atoms. The normalized spacial score (nSPS) is 23.2. The van der Waals surface area contributed by atoms with Crippen LogP contribution in [-0.2, 0) is 4.74 Å². The molecule has 2 atom stereocenters. The number of amides is 1. The van der Waals surface area contributed by atoms with Crippen LogP contribution in [0.25, 0.3) is 0 Å². The Balaban J connectivity index is 2.22. The molecule has 0 bridgehead atoms. The first-order chi connectivity index (χ1) is 9.17. The van der Waals surface area contributed by atoms with E-state index in [4.69, 9.17) is 15.7 Å². The van der Waals surface area contributed by atoms with Crippen molar-refractivity contribution in [1.82, 2.24) is 4.90 Å². The smallest absolute Gasteiger partial charge is 0.256 e. The van der Waals surface area contributed by atoms with Crippen LogP contribution in [0, 0.1) is 0 Å². The van der Waals surface area contributed by atoms with E-state index in [0.717, 1.165) is 0 Å². The van der Waals surface area contributed by atoms with Crippen molar-refractivity contribution in [2.45, 2.75) is 19.1 Å². The molecule has 1 saturated heterocycles. The number of nitrogens with zero attached hydrogens (tertiary/aromatic N) is 1. The Kier molecular flexibility index (Phi) is 4.36. The number of rotatable bonds is 3. The fraction of sp³-hybridized carbons (Fsp3) is 0.462. The third-order valence-electron chi connectivity index (χ3n) is 3.28. The van der Waals surface area contributed by atoms with E-state index >= 15 is 0 Å². The number of nitrogens with two attached hydrogens (primary N) is 1. The standard InChI is InChI=1S/C13H19N3O3/c1-9-8-19-10(7-17)6-16(9)13(18)11-4-2-3-5-12(11)15-14/h2-5,9-10,15,17H,6-8,14H2,1H3. The Morgan fingerprint density at radius 2 is 2.32 bits per heavy atom. The molecule has 0 aromatic heterocycles. The van der Waals surface area contributed by atoms with Gasteiger partial charge in [-0.1, -0.05) is 12.1 Å². The Morgan fingerprint density at radius 1 is 1.58 bits per heavy atom. The second-order valence-corrected chi connectivity index (χ2v) is 4.63. The monoisotopic (exact) mass is 265 g/mol. The Labute approximate surface area is 112 Å². The number of morpholine rings is 1. The lowest BCUT2D eigenvalue weighted by Gasteiger charge is -2.37. The summed E-state index contributed by atoms with van der Waals surface area (Å²) in [4.78, 5) is 14.3. The minimum Gasteiger partial charge on any atom is -0.394 e. The van der Waals surface area contributed by atoms with Crippen LogP contribution >= 0.6 is 0 Å². The lowest BCUT2D eigenvalue weighted by Crippen LogP contribution is -2.52. The molecule has 1 aromatic carbocycles. The van der Waals surface area contributed by atoms with Crippen molar-refractivity contribution in [3.63, 3.8) is 0 Å². The number of anilines is 1. The fourth-order valence-corrected chi connectivity index (χ4v) is 2.16. The lowest BCUT2D eigenvalue weighted by atomic mass is 10.1. The second kappa shape index (κ2) is 6.01. The molecule has 1 fully saturated rings. The average molecular weight is 265 g/mol. The van der Waals surface area contributed by atoms with Gasteiger partial charge in [0.25, 0.3) is 5.91 Å². The largest absolute Gasteiger partial charge is 0.394 e. The second-order valence-electron chi connectivity index (χ2n) is 4.63. The number of nitrogen functional groups attached to an aromatic ring is 1. The summed E-state index contributed by atoms with van der Waals surface area (Å²) in [6.45, 7) is 2.64. The number of hydrogen-bond donors (Lipinski definition) is 3. The summed E-state index contributed by atoms with van der Waals surface area (Å²) in [6, 6.07) is 7.06. The maximum atomic E-state index is 12.5. The molecule has 0 radical (unpaired) electrons. The molecule has 6 nitrogen and oxygen atoms in total. The SMILES string of the molecule is CC1COC(CO)CN1C(=O)c1ccccc1NN. The lowest BCUT2D eigenvalue weighted by molar-refractivity contribution is -0.0667. The van der Waals surface area contributed by atoms with E-state index in [1.165, 1.54) is 0 Å². The predicted molar refractivity (Wildman–Crippen MR) is 71.6 cm³/mol. The van der Waals surface area contributed by atoms with Gasteiger partial charge in [0.05, 0.1) is 36.6 Å². The van der Waals surface area contributed by atoms with E-state index in [1.807, 2.05) is 13.0 Å². The van der Waals surface area contributed by atoms with Crippen molar-refractivity contribution in [2.75, 3.05) is 25.2 Å².